The Kier molecular flexibility index (Phi) is 5.02. The van der Waals surface area contributed by atoms with Gasteiger partial charge in [-0.1, -0.05) is 0 Å². The van der Waals surface area contributed by atoms with Crippen LogP contribution in [0.3, 0.4) is 0 Å². The molecule has 27 heavy (non-hydrogen) atoms. The van der Waals surface area contributed by atoms with Gasteiger partial charge in [0.25, 0.3) is 5.56 Å². The molecule has 0 atom stereocenters. The van der Waals surface area contributed by atoms with E-state index in [9.17, 15) is 19.2 Å². The van der Waals surface area contributed by atoms with Gasteiger partial charge in [-0.3, -0.25) is 18.7 Å². The number of imidazole rings is 1. The van der Waals surface area contributed by atoms with Gasteiger partial charge in [-0.25, -0.2) is 14.6 Å². The normalized spacial score (nSPS) is 14.6. The maximum Gasteiger partial charge on any atom is 0.409 e. The fraction of sp³-hybridized carbons (Fsp3) is 0.562. The molecular weight excluding hydrogens is 356 g/mol. The van der Waals surface area contributed by atoms with Crippen molar-refractivity contribution >= 4 is 23.2 Å². The highest BCUT2D eigenvalue weighted by Gasteiger charge is 2.25. The fourth-order valence-corrected chi connectivity index (χ4v) is 3.12. The number of aromatic nitrogens is 4. The minimum Gasteiger partial charge on any atom is -0.450 e. The van der Waals surface area contributed by atoms with E-state index < -0.39 is 11.2 Å². The van der Waals surface area contributed by atoms with Gasteiger partial charge in [0.15, 0.2) is 11.2 Å². The Morgan fingerprint density at radius 3 is 2.33 bits per heavy atom. The zero-order chi connectivity index (χ0) is 19.7. The number of piperazine rings is 1. The van der Waals surface area contributed by atoms with Crippen LogP contribution >= 0.6 is 0 Å². The molecule has 1 aliphatic heterocycles. The average Bonchev–Trinajstić information content (AvgIpc) is 3.08. The molecule has 11 heteroatoms. The molecule has 0 unspecified atom stereocenters. The third-order valence-electron chi connectivity index (χ3n) is 4.68. The molecular formula is C16H22N6O5. The second kappa shape index (κ2) is 7.25. The maximum atomic E-state index is 12.6. The molecule has 146 valence electrons. The number of fused-ring (bicyclic) bond motifs is 1. The second-order valence-electron chi connectivity index (χ2n) is 6.32. The van der Waals surface area contributed by atoms with E-state index in [1.165, 1.54) is 29.6 Å². The van der Waals surface area contributed by atoms with Crippen LogP contribution in [0.25, 0.3) is 11.2 Å². The molecule has 0 aromatic carbocycles. The number of hydrogen-bond donors (Lipinski definition) is 0. The van der Waals surface area contributed by atoms with Crippen LogP contribution in [-0.4, -0.2) is 73.3 Å². The lowest BCUT2D eigenvalue weighted by Gasteiger charge is -2.34. The van der Waals surface area contributed by atoms with Crippen LogP contribution < -0.4 is 11.2 Å². The minimum atomic E-state index is -0.495. The Bertz CT molecular complexity index is 995. The highest BCUT2D eigenvalue weighted by Crippen LogP contribution is 2.09. The van der Waals surface area contributed by atoms with E-state index in [0.717, 1.165) is 4.57 Å². The highest BCUT2D eigenvalue weighted by atomic mass is 16.6. The molecule has 0 spiro atoms. The third-order valence-corrected chi connectivity index (χ3v) is 4.68. The van der Waals surface area contributed by atoms with Crippen molar-refractivity contribution in [2.45, 2.75) is 13.5 Å². The van der Waals surface area contributed by atoms with Crippen LogP contribution in [-0.2, 0) is 30.2 Å². The Hall–Kier alpha value is -3.11. The minimum absolute atomic E-state index is 0.0661. The molecule has 0 saturated carbocycles. The van der Waals surface area contributed by atoms with E-state index in [4.69, 9.17) is 4.74 Å². The van der Waals surface area contributed by atoms with Crippen molar-refractivity contribution in [3.05, 3.63) is 27.2 Å². The molecule has 0 aliphatic carbocycles. The van der Waals surface area contributed by atoms with Crippen molar-refractivity contribution in [1.29, 1.82) is 0 Å². The Morgan fingerprint density at radius 2 is 1.70 bits per heavy atom. The lowest BCUT2D eigenvalue weighted by atomic mass is 10.3. The Balaban J connectivity index is 1.75. The highest BCUT2D eigenvalue weighted by molar-refractivity contribution is 5.79. The maximum absolute atomic E-state index is 12.6. The molecule has 11 nitrogen and oxygen atoms in total. The summed E-state index contributed by atoms with van der Waals surface area (Å²) < 4.78 is 8.68. The summed E-state index contributed by atoms with van der Waals surface area (Å²) in [4.78, 5) is 56.1. The summed E-state index contributed by atoms with van der Waals surface area (Å²) in [6, 6.07) is 0. The molecule has 2 aromatic heterocycles. The van der Waals surface area contributed by atoms with Gasteiger partial charge in [0.05, 0.1) is 12.9 Å². The van der Waals surface area contributed by atoms with Crippen molar-refractivity contribution < 1.29 is 14.3 Å². The standard InChI is InChI=1S/C16H22N6O5/c1-4-27-16(26)21-7-5-20(6-8-21)11(23)9-22-10-17-13-12(22)14(24)19(3)15(25)18(13)2/h10H,4-9H2,1-3H3. The first kappa shape index (κ1) is 18.7. The smallest absolute Gasteiger partial charge is 0.409 e. The van der Waals surface area contributed by atoms with Crippen molar-refractivity contribution in [2.24, 2.45) is 14.1 Å². The number of carbonyl (C=O) groups is 2. The van der Waals surface area contributed by atoms with Gasteiger partial charge in [-0.2, -0.15) is 0 Å². The average molecular weight is 378 g/mol. The van der Waals surface area contributed by atoms with Crippen LogP contribution in [0, 0.1) is 0 Å². The van der Waals surface area contributed by atoms with Crippen LogP contribution in [0.1, 0.15) is 6.92 Å². The van der Waals surface area contributed by atoms with Gasteiger partial charge >= 0.3 is 11.8 Å². The van der Waals surface area contributed by atoms with Crippen LogP contribution in [0.15, 0.2) is 15.9 Å². The first-order chi connectivity index (χ1) is 12.8. The molecule has 0 bridgehead atoms. The van der Waals surface area contributed by atoms with Gasteiger partial charge in [0.2, 0.25) is 5.91 Å². The predicted octanol–water partition coefficient (Wildman–Crippen LogP) is -1.27. The van der Waals surface area contributed by atoms with Gasteiger partial charge in [-0.05, 0) is 6.92 Å². The lowest BCUT2D eigenvalue weighted by molar-refractivity contribution is -0.133. The van der Waals surface area contributed by atoms with Crippen LogP contribution in [0.5, 0.6) is 0 Å². The first-order valence-corrected chi connectivity index (χ1v) is 8.65. The predicted molar refractivity (Wildman–Crippen MR) is 95.4 cm³/mol. The monoisotopic (exact) mass is 378 g/mol. The summed E-state index contributed by atoms with van der Waals surface area (Å²) in [6.45, 7) is 3.55. The first-order valence-electron chi connectivity index (χ1n) is 8.65. The molecule has 1 saturated heterocycles. The van der Waals surface area contributed by atoms with Crippen LogP contribution in [0.2, 0.25) is 0 Å². The SMILES string of the molecule is CCOC(=O)N1CCN(C(=O)Cn2cnc3c2c(=O)n(C)c(=O)n3C)CC1. The summed E-state index contributed by atoms with van der Waals surface area (Å²) >= 11 is 0. The van der Waals surface area contributed by atoms with Gasteiger partial charge in [-0.15, -0.1) is 0 Å². The fourth-order valence-electron chi connectivity index (χ4n) is 3.12. The number of carbonyl (C=O) groups excluding carboxylic acids is 2. The van der Waals surface area contributed by atoms with E-state index in [2.05, 4.69) is 4.98 Å². The molecule has 0 radical (unpaired) electrons. The van der Waals surface area contributed by atoms with Crippen molar-refractivity contribution in [3.63, 3.8) is 0 Å². The van der Waals surface area contributed by atoms with Crippen molar-refractivity contribution in [2.75, 3.05) is 32.8 Å². The molecule has 1 aliphatic rings. The number of ether oxygens (including phenoxy) is 1. The summed E-state index contributed by atoms with van der Waals surface area (Å²) in [5.74, 6) is -0.186. The topological polar surface area (TPSA) is 112 Å². The quantitative estimate of drug-likeness (QED) is 0.659. The summed E-state index contributed by atoms with van der Waals surface area (Å²) in [7, 11) is 2.91. The zero-order valence-electron chi connectivity index (χ0n) is 15.5. The van der Waals surface area contributed by atoms with Crippen molar-refractivity contribution in [3.8, 4) is 0 Å². The van der Waals surface area contributed by atoms with E-state index in [0.29, 0.717) is 32.8 Å². The van der Waals surface area contributed by atoms with Crippen molar-refractivity contribution in [1.82, 2.24) is 28.5 Å². The molecule has 3 rings (SSSR count). The third kappa shape index (κ3) is 3.32. The molecule has 1 fully saturated rings. The summed E-state index contributed by atoms with van der Waals surface area (Å²) in [6.07, 6.45) is 1.01. The summed E-state index contributed by atoms with van der Waals surface area (Å²) in [5.41, 5.74) is -0.522. The largest absolute Gasteiger partial charge is 0.450 e. The Morgan fingerprint density at radius 1 is 1.07 bits per heavy atom. The number of aryl methyl sites for hydroxylation is 1. The molecule has 2 aromatic rings. The molecule has 3 heterocycles. The molecule has 0 N–H and O–H groups in total. The second-order valence-corrected chi connectivity index (χ2v) is 6.32. The van der Waals surface area contributed by atoms with E-state index in [1.807, 2.05) is 0 Å². The number of amides is 2. The van der Waals surface area contributed by atoms with Gasteiger partial charge < -0.3 is 19.1 Å². The lowest BCUT2D eigenvalue weighted by Crippen LogP contribution is -2.51. The zero-order valence-corrected chi connectivity index (χ0v) is 15.5. The number of rotatable bonds is 3. The van der Waals surface area contributed by atoms with E-state index in [1.54, 1.807) is 16.7 Å². The number of nitrogens with zero attached hydrogens (tertiary/aromatic N) is 6. The van der Waals surface area contributed by atoms with E-state index >= 15 is 0 Å². The van der Waals surface area contributed by atoms with Gasteiger partial charge in [0.1, 0.15) is 6.54 Å². The van der Waals surface area contributed by atoms with E-state index in [-0.39, 0.29) is 29.7 Å². The van der Waals surface area contributed by atoms with Crippen LogP contribution in [0.4, 0.5) is 4.79 Å². The number of hydrogen-bond acceptors (Lipinski definition) is 6. The Labute approximate surface area is 154 Å². The molecule has 2 amide bonds. The van der Waals surface area contributed by atoms with Gasteiger partial charge in [0, 0.05) is 40.3 Å². The summed E-state index contributed by atoms with van der Waals surface area (Å²) in [5, 5.41) is 0.